The number of ether oxygens (including phenoxy) is 1. The van der Waals surface area contributed by atoms with Crippen molar-refractivity contribution in [1.82, 2.24) is 10.2 Å². The largest absolute Gasteiger partial charge is 0.493 e. The highest BCUT2D eigenvalue weighted by atomic mass is 35.5. The number of rotatable bonds is 4. The van der Waals surface area contributed by atoms with Gasteiger partial charge in [-0.15, -0.1) is 10.2 Å². The van der Waals surface area contributed by atoms with E-state index in [2.05, 4.69) is 17.1 Å². The molecule has 0 unspecified atom stereocenters. The van der Waals surface area contributed by atoms with E-state index in [4.69, 9.17) is 16.3 Å². The molecule has 0 amide bonds. The van der Waals surface area contributed by atoms with Crippen molar-refractivity contribution < 1.29 is 4.74 Å². The van der Waals surface area contributed by atoms with Gasteiger partial charge in [0.05, 0.1) is 12.3 Å². The molecule has 0 aliphatic heterocycles. The van der Waals surface area contributed by atoms with Crippen molar-refractivity contribution >= 4 is 11.6 Å². The van der Waals surface area contributed by atoms with E-state index >= 15 is 0 Å². The topological polar surface area (TPSA) is 35.0 Å². The first kappa shape index (κ1) is 13.8. The highest BCUT2D eigenvalue weighted by Gasteiger charge is 2.13. The summed E-state index contributed by atoms with van der Waals surface area (Å²) in [4.78, 5) is 0. The van der Waals surface area contributed by atoms with E-state index in [-0.39, 0.29) is 0 Å². The molecule has 4 heteroatoms. The van der Waals surface area contributed by atoms with E-state index in [1.165, 1.54) is 0 Å². The molecule has 2 rings (SSSR count). The standard InChI is InChI=1S/C15H17ClN2O/c1-4-9-19-13-8-6-5-7-12(13)14-10(2)11(3)15(16)18-17-14/h5-8H,4,9H2,1-3H3. The van der Waals surface area contributed by atoms with E-state index in [0.29, 0.717) is 11.8 Å². The Hall–Kier alpha value is -1.61. The quantitative estimate of drug-likeness (QED) is 0.839. The Morgan fingerprint density at radius 1 is 1.11 bits per heavy atom. The second kappa shape index (κ2) is 6.02. The van der Waals surface area contributed by atoms with Gasteiger partial charge in [-0.2, -0.15) is 0 Å². The van der Waals surface area contributed by atoms with Gasteiger partial charge >= 0.3 is 0 Å². The number of aromatic nitrogens is 2. The van der Waals surface area contributed by atoms with Gasteiger partial charge in [-0.3, -0.25) is 0 Å². The predicted molar refractivity (Wildman–Crippen MR) is 77.7 cm³/mol. The number of nitrogens with zero attached hydrogens (tertiary/aromatic N) is 2. The summed E-state index contributed by atoms with van der Waals surface area (Å²) >= 11 is 5.99. The van der Waals surface area contributed by atoms with Gasteiger partial charge in [0, 0.05) is 5.56 Å². The van der Waals surface area contributed by atoms with Crippen molar-refractivity contribution in [3.8, 4) is 17.0 Å². The Kier molecular flexibility index (Phi) is 4.38. The zero-order valence-corrected chi connectivity index (χ0v) is 12.2. The van der Waals surface area contributed by atoms with Gasteiger partial charge in [-0.05, 0) is 43.5 Å². The van der Waals surface area contributed by atoms with Gasteiger partial charge in [-0.25, -0.2) is 0 Å². The van der Waals surface area contributed by atoms with Crippen molar-refractivity contribution in [3.05, 3.63) is 40.5 Å². The maximum atomic E-state index is 5.99. The Bertz CT molecular complexity index is 584. The van der Waals surface area contributed by atoms with Crippen molar-refractivity contribution in [2.24, 2.45) is 0 Å². The third-order valence-electron chi connectivity index (χ3n) is 3.07. The van der Waals surface area contributed by atoms with E-state index < -0.39 is 0 Å². The van der Waals surface area contributed by atoms with E-state index in [1.807, 2.05) is 38.1 Å². The molecule has 3 nitrogen and oxygen atoms in total. The molecular formula is C15H17ClN2O. The minimum absolute atomic E-state index is 0.452. The molecule has 0 radical (unpaired) electrons. The highest BCUT2D eigenvalue weighted by molar-refractivity contribution is 6.30. The molecule has 0 saturated carbocycles. The number of hydrogen-bond acceptors (Lipinski definition) is 3. The SMILES string of the molecule is CCCOc1ccccc1-c1nnc(Cl)c(C)c1C. The van der Waals surface area contributed by atoms with Crippen LogP contribution in [0.25, 0.3) is 11.3 Å². The van der Waals surface area contributed by atoms with Gasteiger partial charge in [0.1, 0.15) is 5.75 Å². The van der Waals surface area contributed by atoms with Crippen LogP contribution in [0, 0.1) is 13.8 Å². The Balaban J connectivity index is 2.50. The first-order chi connectivity index (χ1) is 9.15. The zero-order valence-electron chi connectivity index (χ0n) is 11.4. The van der Waals surface area contributed by atoms with Crippen molar-refractivity contribution in [1.29, 1.82) is 0 Å². The minimum atomic E-state index is 0.452. The fourth-order valence-electron chi connectivity index (χ4n) is 1.83. The summed E-state index contributed by atoms with van der Waals surface area (Å²) < 4.78 is 5.77. The van der Waals surface area contributed by atoms with Crippen LogP contribution in [-0.4, -0.2) is 16.8 Å². The number of benzene rings is 1. The molecule has 0 atom stereocenters. The fraction of sp³-hybridized carbons (Fsp3) is 0.333. The fourth-order valence-corrected chi connectivity index (χ4v) is 2.01. The summed E-state index contributed by atoms with van der Waals surface area (Å²) in [6.07, 6.45) is 0.971. The summed E-state index contributed by atoms with van der Waals surface area (Å²) in [5, 5.41) is 8.66. The molecule has 0 spiro atoms. The summed E-state index contributed by atoms with van der Waals surface area (Å²) in [5.41, 5.74) is 3.78. The second-order valence-electron chi connectivity index (χ2n) is 4.43. The third kappa shape index (κ3) is 2.87. The zero-order chi connectivity index (χ0) is 13.8. The van der Waals surface area contributed by atoms with Gasteiger partial charge in [0.25, 0.3) is 0 Å². The lowest BCUT2D eigenvalue weighted by atomic mass is 10.0. The molecule has 0 fully saturated rings. The molecule has 2 aromatic rings. The number of para-hydroxylation sites is 1. The predicted octanol–water partition coefficient (Wildman–Crippen LogP) is 4.20. The van der Waals surface area contributed by atoms with Crippen LogP contribution >= 0.6 is 11.6 Å². The van der Waals surface area contributed by atoms with Crippen LogP contribution in [-0.2, 0) is 0 Å². The van der Waals surface area contributed by atoms with Crippen molar-refractivity contribution in [2.45, 2.75) is 27.2 Å². The van der Waals surface area contributed by atoms with Crippen LogP contribution < -0.4 is 4.74 Å². The maximum Gasteiger partial charge on any atom is 0.154 e. The van der Waals surface area contributed by atoms with Crippen LogP contribution in [0.1, 0.15) is 24.5 Å². The smallest absolute Gasteiger partial charge is 0.154 e. The average molecular weight is 277 g/mol. The first-order valence-electron chi connectivity index (χ1n) is 6.36. The van der Waals surface area contributed by atoms with Gasteiger partial charge in [0.2, 0.25) is 0 Å². The van der Waals surface area contributed by atoms with Crippen LogP contribution in [0.4, 0.5) is 0 Å². The molecule has 0 bridgehead atoms. The Labute approximate surface area is 118 Å². The lowest BCUT2D eigenvalue weighted by Crippen LogP contribution is -2.01. The van der Waals surface area contributed by atoms with Crippen molar-refractivity contribution in [2.75, 3.05) is 6.61 Å². The van der Waals surface area contributed by atoms with Gasteiger partial charge in [0.15, 0.2) is 5.15 Å². The molecule has 1 aromatic heterocycles. The summed E-state index contributed by atoms with van der Waals surface area (Å²) in [6.45, 7) is 6.73. The van der Waals surface area contributed by atoms with E-state index in [0.717, 1.165) is 34.6 Å². The third-order valence-corrected chi connectivity index (χ3v) is 3.43. The second-order valence-corrected chi connectivity index (χ2v) is 4.79. The van der Waals surface area contributed by atoms with E-state index in [9.17, 15) is 0 Å². The lowest BCUT2D eigenvalue weighted by molar-refractivity contribution is 0.318. The molecular weight excluding hydrogens is 260 g/mol. The number of hydrogen-bond donors (Lipinski definition) is 0. The van der Waals surface area contributed by atoms with Crippen molar-refractivity contribution in [3.63, 3.8) is 0 Å². The molecule has 1 heterocycles. The highest BCUT2D eigenvalue weighted by Crippen LogP contribution is 2.32. The molecule has 1 aromatic carbocycles. The van der Waals surface area contributed by atoms with Crippen LogP contribution in [0.5, 0.6) is 5.75 Å². The van der Waals surface area contributed by atoms with Crippen LogP contribution in [0.15, 0.2) is 24.3 Å². The van der Waals surface area contributed by atoms with Crippen LogP contribution in [0.2, 0.25) is 5.15 Å². The Morgan fingerprint density at radius 2 is 1.84 bits per heavy atom. The summed E-state index contributed by atoms with van der Waals surface area (Å²) in [6, 6.07) is 7.88. The molecule has 100 valence electrons. The van der Waals surface area contributed by atoms with E-state index in [1.54, 1.807) is 0 Å². The summed E-state index contributed by atoms with van der Waals surface area (Å²) in [5.74, 6) is 0.837. The normalized spacial score (nSPS) is 10.5. The molecule has 19 heavy (non-hydrogen) atoms. The lowest BCUT2D eigenvalue weighted by Gasteiger charge is -2.13. The van der Waals surface area contributed by atoms with Crippen LogP contribution in [0.3, 0.4) is 0 Å². The molecule has 0 N–H and O–H groups in total. The summed E-state index contributed by atoms with van der Waals surface area (Å²) in [7, 11) is 0. The molecule has 0 saturated heterocycles. The average Bonchev–Trinajstić information content (AvgIpc) is 2.43. The molecule has 0 aliphatic rings. The first-order valence-corrected chi connectivity index (χ1v) is 6.74. The van der Waals surface area contributed by atoms with Gasteiger partial charge < -0.3 is 4.74 Å². The monoisotopic (exact) mass is 276 g/mol. The number of halogens is 1. The molecule has 0 aliphatic carbocycles. The Morgan fingerprint density at radius 3 is 2.58 bits per heavy atom. The van der Waals surface area contributed by atoms with Gasteiger partial charge in [-0.1, -0.05) is 30.7 Å². The minimum Gasteiger partial charge on any atom is -0.493 e. The maximum absolute atomic E-state index is 5.99.